The quantitative estimate of drug-likeness (QED) is 0.246. The number of rotatable bonds is 2. The number of benzene rings is 1. The SMILES string of the molecule is NC(=O)Nc1ccc(F)c(C(N)=NO)c1. The number of carbonyl (C=O) groups is 1. The van der Waals surface area contributed by atoms with Gasteiger partial charge in [0.2, 0.25) is 0 Å². The molecule has 0 saturated heterocycles. The molecule has 0 aliphatic heterocycles. The summed E-state index contributed by atoms with van der Waals surface area (Å²) in [5.41, 5.74) is 10.2. The van der Waals surface area contributed by atoms with Crippen molar-refractivity contribution in [1.29, 1.82) is 0 Å². The summed E-state index contributed by atoms with van der Waals surface area (Å²) < 4.78 is 13.1. The highest BCUT2D eigenvalue weighted by atomic mass is 19.1. The lowest BCUT2D eigenvalue weighted by atomic mass is 10.1. The standard InChI is InChI=1S/C8H9FN4O2/c9-6-2-1-4(12-8(11)14)3-5(6)7(10)13-15/h1-3,15H,(H2,10,13)(H3,11,12,14). The minimum atomic E-state index is -0.785. The van der Waals surface area contributed by atoms with E-state index in [0.717, 1.165) is 6.07 Å². The molecule has 2 amide bonds. The number of amides is 2. The van der Waals surface area contributed by atoms with Gasteiger partial charge in [0.1, 0.15) is 5.82 Å². The van der Waals surface area contributed by atoms with Crippen LogP contribution in [0.3, 0.4) is 0 Å². The van der Waals surface area contributed by atoms with E-state index in [2.05, 4.69) is 10.5 Å². The van der Waals surface area contributed by atoms with E-state index in [-0.39, 0.29) is 17.1 Å². The van der Waals surface area contributed by atoms with E-state index in [0.29, 0.717) is 0 Å². The molecule has 1 rings (SSSR count). The Labute approximate surface area is 84.4 Å². The highest BCUT2D eigenvalue weighted by molar-refractivity contribution is 5.99. The van der Waals surface area contributed by atoms with Gasteiger partial charge >= 0.3 is 6.03 Å². The fraction of sp³-hybridized carbons (Fsp3) is 0. The number of primary amides is 1. The molecule has 0 heterocycles. The van der Waals surface area contributed by atoms with E-state index in [1.807, 2.05) is 0 Å². The number of oxime groups is 1. The number of halogens is 1. The lowest BCUT2D eigenvalue weighted by molar-refractivity contribution is 0.259. The second-order valence-corrected chi connectivity index (χ2v) is 2.67. The summed E-state index contributed by atoms with van der Waals surface area (Å²) in [4.78, 5) is 10.5. The van der Waals surface area contributed by atoms with Crippen LogP contribution < -0.4 is 16.8 Å². The molecule has 80 valence electrons. The van der Waals surface area contributed by atoms with Crippen LogP contribution in [0, 0.1) is 5.82 Å². The van der Waals surface area contributed by atoms with Crippen LogP contribution in [0.1, 0.15) is 5.56 Å². The van der Waals surface area contributed by atoms with Crippen LogP contribution in [0.15, 0.2) is 23.4 Å². The first-order valence-electron chi connectivity index (χ1n) is 3.88. The molecule has 0 aliphatic carbocycles. The van der Waals surface area contributed by atoms with Crippen molar-refractivity contribution in [2.75, 3.05) is 5.32 Å². The van der Waals surface area contributed by atoms with Gasteiger partial charge in [-0.1, -0.05) is 5.16 Å². The Balaban J connectivity index is 3.11. The Morgan fingerprint density at radius 2 is 2.13 bits per heavy atom. The number of urea groups is 1. The number of nitrogens with two attached hydrogens (primary N) is 2. The van der Waals surface area contributed by atoms with Crippen molar-refractivity contribution in [3.05, 3.63) is 29.6 Å². The Bertz CT molecular complexity index is 419. The number of amidine groups is 1. The third kappa shape index (κ3) is 2.56. The lowest BCUT2D eigenvalue weighted by Gasteiger charge is -2.05. The van der Waals surface area contributed by atoms with Gasteiger partial charge in [0, 0.05) is 5.69 Å². The smallest absolute Gasteiger partial charge is 0.316 e. The molecule has 0 aliphatic rings. The summed E-state index contributed by atoms with van der Waals surface area (Å²) in [6.45, 7) is 0. The van der Waals surface area contributed by atoms with Crippen LogP contribution in [0.4, 0.5) is 14.9 Å². The highest BCUT2D eigenvalue weighted by Crippen LogP contribution is 2.14. The molecule has 6 N–H and O–H groups in total. The van der Waals surface area contributed by atoms with Gasteiger partial charge in [0.25, 0.3) is 0 Å². The molecule has 0 aromatic heterocycles. The van der Waals surface area contributed by atoms with Gasteiger partial charge in [0.15, 0.2) is 5.84 Å². The Hall–Kier alpha value is -2.31. The maximum absolute atomic E-state index is 13.1. The predicted molar refractivity (Wildman–Crippen MR) is 52.1 cm³/mol. The van der Waals surface area contributed by atoms with Crippen molar-refractivity contribution in [2.24, 2.45) is 16.6 Å². The largest absolute Gasteiger partial charge is 0.409 e. The van der Waals surface area contributed by atoms with E-state index in [1.54, 1.807) is 0 Å². The van der Waals surface area contributed by atoms with Gasteiger partial charge in [-0.15, -0.1) is 0 Å². The van der Waals surface area contributed by atoms with E-state index in [4.69, 9.17) is 16.7 Å². The first kappa shape index (κ1) is 10.8. The van der Waals surface area contributed by atoms with Gasteiger partial charge in [-0.25, -0.2) is 9.18 Å². The maximum atomic E-state index is 13.1. The number of anilines is 1. The third-order valence-corrected chi connectivity index (χ3v) is 1.62. The molecular formula is C8H9FN4O2. The molecule has 0 atom stereocenters. The molecule has 0 fully saturated rings. The van der Waals surface area contributed by atoms with Crippen LogP contribution >= 0.6 is 0 Å². The Morgan fingerprint density at radius 1 is 1.47 bits per heavy atom. The molecule has 6 nitrogen and oxygen atoms in total. The van der Waals surface area contributed by atoms with Crippen molar-refractivity contribution < 1.29 is 14.4 Å². The topological polar surface area (TPSA) is 114 Å². The molecule has 7 heteroatoms. The summed E-state index contributed by atoms with van der Waals surface area (Å²) in [5.74, 6) is -1.05. The van der Waals surface area contributed by atoms with Crippen LogP contribution in [-0.4, -0.2) is 17.1 Å². The molecular weight excluding hydrogens is 203 g/mol. The average molecular weight is 212 g/mol. The van der Waals surface area contributed by atoms with Crippen LogP contribution in [0.25, 0.3) is 0 Å². The summed E-state index contributed by atoms with van der Waals surface area (Å²) >= 11 is 0. The molecule has 0 spiro atoms. The predicted octanol–water partition coefficient (Wildman–Crippen LogP) is 0.411. The van der Waals surface area contributed by atoms with Gasteiger partial charge in [0.05, 0.1) is 5.56 Å². The second-order valence-electron chi connectivity index (χ2n) is 2.67. The van der Waals surface area contributed by atoms with Crippen LogP contribution in [0.5, 0.6) is 0 Å². The first-order chi connectivity index (χ1) is 7.04. The molecule has 1 aromatic rings. The van der Waals surface area contributed by atoms with Gasteiger partial charge < -0.3 is 22.0 Å². The third-order valence-electron chi connectivity index (χ3n) is 1.62. The fourth-order valence-corrected chi connectivity index (χ4v) is 0.995. The number of nitrogens with zero attached hydrogens (tertiary/aromatic N) is 1. The minimum absolute atomic E-state index is 0.122. The zero-order chi connectivity index (χ0) is 11.4. The zero-order valence-corrected chi connectivity index (χ0v) is 7.57. The van der Waals surface area contributed by atoms with Crippen molar-refractivity contribution in [2.45, 2.75) is 0 Å². The molecule has 1 aromatic carbocycles. The van der Waals surface area contributed by atoms with E-state index in [1.165, 1.54) is 12.1 Å². The van der Waals surface area contributed by atoms with E-state index >= 15 is 0 Å². The fourth-order valence-electron chi connectivity index (χ4n) is 0.995. The van der Waals surface area contributed by atoms with E-state index < -0.39 is 11.8 Å². The number of hydrogen-bond acceptors (Lipinski definition) is 3. The highest BCUT2D eigenvalue weighted by Gasteiger charge is 2.08. The van der Waals surface area contributed by atoms with Crippen molar-refractivity contribution in [3.8, 4) is 0 Å². The lowest BCUT2D eigenvalue weighted by Crippen LogP contribution is -2.20. The van der Waals surface area contributed by atoms with Crippen molar-refractivity contribution >= 4 is 17.6 Å². The monoisotopic (exact) mass is 212 g/mol. The molecule has 0 radical (unpaired) electrons. The minimum Gasteiger partial charge on any atom is -0.409 e. The van der Waals surface area contributed by atoms with E-state index in [9.17, 15) is 9.18 Å². The average Bonchev–Trinajstić information content (AvgIpc) is 2.19. The van der Waals surface area contributed by atoms with Crippen molar-refractivity contribution in [1.82, 2.24) is 0 Å². The summed E-state index contributed by atoms with van der Waals surface area (Å²) in [5, 5.41) is 13.3. The first-order valence-corrected chi connectivity index (χ1v) is 3.88. The number of hydrogen-bond donors (Lipinski definition) is 4. The second kappa shape index (κ2) is 4.27. The zero-order valence-electron chi connectivity index (χ0n) is 7.57. The van der Waals surface area contributed by atoms with Crippen LogP contribution in [-0.2, 0) is 0 Å². The number of carbonyl (C=O) groups excluding carboxylic acids is 1. The molecule has 0 unspecified atom stereocenters. The Kier molecular flexibility index (Phi) is 3.06. The summed E-state index contributed by atoms with van der Waals surface area (Å²) in [6, 6.07) is 2.79. The maximum Gasteiger partial charge on any atom is 0.316 e. The normalized spacial score (nSPS) is 11.1. The summed E-state index contributed by atoms with van der Waals surface area (Å²) in [7, 11) is 0. The molecule has 0 bridgehead atoms. The van der Waals surface area contributed by atoms with Gasteiger partial charge in [-0.05, 0) is 18.2 Å². The number of nitrogens with one attached hydrogen (secondary N) is 1. The summed E-state index contributed by atoms with van der Waals surface area (Å²) in [6.07, 6.45) is 0. The van der Waals surface area contributed by atoms with Gasteiger partial charge in [-0.3, -0.25) is 0 Å². The van der Waals surface area contributed by atoms with Crippen LogP contribution in [0.2, 0.25) is 0 Å². The molecule has 15 heavy (non-hydrogen) atoms. The Morgan fingerprint density at radius 3 is 2.67 bits per heavy atom. The van der Waals surface area contributed by atoms with Crippen molar-refractivity contribution in [3.63, 3.8) is 0 Å². The van der Waals surface area contributed by atoms with Gasteiger partial charge in [-0.2, -0.15) is 0 Å². The molecule has 0 saturated carbocycles.